The average molecular weight is 243 g/mol. The molecule has 1 saturated heterocycles. The maximum Gasteiger partial charge on any atom is 0.271 e. The fraction of sp³-hybridized carbons (Fsp3) is 0.444. The van der Waals surface area contributed by atoms with Crippen LogP contribution in [0.3, 0.4) is 0 Å². The van der Waals surface area contributed by atoms with E-state index in [2.05, 4.69) is 15.3 Å². The lowest BCUT2D eigenvalue weighted by Gasteiger charge is -2.12. The van der Waals surface area contributed by atoms with E-state index in [4.69, 9.17) is 11.6 Å². The molecule has 2 heterocycles. The van der Waals surface area contributed by atoms with Crippen LogP contribution in [0.4, 0.5) is 5.82 Å². The van der Waals surface area contributed by atoms with Gasteiger partial charge in [-0.25, -0.2) is 4.98 Å². The van der Waals surface area contributed by atoms with E-state index in [0.717, 1.165) is 0 Å². The molecule has 7 heteroatoms. The second-order valence-corrected chi connectivity index (χ2v) is 4.02. The molecule has 0 saturated carbocycles. The predicted octanol–water partition coefficient (Wildman–Crippen LogP) is 0.0659. The molecule has 1 aliphatic rings. The Morgan fingerprint density at radius 3 is 3.00 bits per heavy atom. The van der Waals surface area contributed by atoms with E-state index in [0.29, 0.717) is 13.0 Å². The third kappa shape index (κ3) is 1.88. The normalized spacial score (nSPS) is 20.2. The summed E-state index contributed by atoms with van der Waals surface area (Å²) in [6.07, 6.45) is 1.93. The smallest absolute Gasteiger partial charge is 0.271 e. The molecule has 2 rings (SSSR count). The van der Waals surface area contributed by atoms with E-state index in [9.17, 15) is 9.59 Å². The summed E-state index contributed by atoms with van der Waals surface area (Å²) in [4.78, 5) is 30.7. The van der Waals surface area contributed by atoms with Crippen molar-refractivity contribution in [2.45, 2.75) is 12.5 Å². The lowest BCUT2D eigenvalue weighted by molar-refractivity contribution is -0.127. The van der Waals surface area contributed by atoms with Crippen LogP contribution in [-0.4, -0.2) is 40.4 Å². The molecule has 0 spiro atoms. The van der Waals surface area contributed by atoms with Crippen LogP contribution >= 0.6 is 11.6 Å². The number of H-pyrrole nitrogens is 1. The number of aromatic amines is 1. The molecule has 1 unspecified atom stereocenters. The van der Waals surface area contributed by atoms with Gasteiger partial charge in [-0.05, 0) is 6.42 Å². The number of halogens is 1. The standard InChI is InChI=1S/C9H11ClN4O2/c1-14-3-2-5(9(14)16)13-7-6(10)8(15)12-4-11-7/h4-5H,2-3H2,1H3,(H2,11,12,13,15). The van der Waals surface area contributed by atoms with Crippen molar-refractivity contribution in [2.75, 3.05) is 18.9 Å². The molecule has 0 aliphatic carbocycles. The number of amides is 1. The summed E-state index contributed by atoms with van der Waals surface area (Å²) in [5, 5.41) is 2.85. The molecule has 2 N–H and O–H groups in total. The van der Waals surface area contributed by atoms with Gasteiger partial charge in [-0.3, -0.25) is 9.59 Å². The fourth-order valence-electron chi connectivity index (χ4n) is 1.61. The maximum absolute atomic E-state index is 11.6. The molecule has 1 fully saturated rings. The monoisotopic (exact) mass is 242 g/mol. The third-order valence-corrected chi connectivity index (χ3v) is 2.89. The fourth-order valence-corrected chi connectivity index (χ4v) is 1.76. The first-order valence-corrected chi connectivity index (χ1v) is 5.22. The van der Waals surface area contributed by atoms with Crippen molar-refractivity contribution in [3.63, 3.8) is 0 Å². The number of hydrogen-bond acceptors (Lipinski definition) is 4. The van der Waals surface area contributed by atoms with Crippen molar-refractivity contribution in [3.05, 3.63) is 21.7 Å². The highest BCUT2D eigenvalue weighted by atomic mass is 35.5. The molecule has 1 atom stereocenters. The van der Waals surface area contributed by atoms with E-state index in [1.165, 1.54) is 6.33 Å². The molecule has 1 aliphatic heterocycles. The number of aromatic nitrogens is 2. The van der Waals surface area contributed by atoms with E-state index < -0.39 is 5.56 Å². The van der Waals surface area contributed by atoms with Gasteiger partial charge in [0.15, 0.2) is 5.82 Å². The van der Waals surface area contributed by atoms with Gasteiger partial charge in [0.05, 0.1) is 6.33 Å². The second-order valence-electron chi connectivity index (χ2n) is 3.64. The van der Waals surface area contributed by atoms with Gasteiger partial charge in [-0.1, -0.05) is 11.6 Å². The lowest BCUT2D eigenvalue weighted by atomic mass is 10.2. The second kappa shape index (κ2) is 4.13. The lowest BCUT2D eigenvalue weighted by Crippen LogP contribution is -2.31. The third-order valence-electron chi connectivity index (χ3n) is 2.54. The zero-order chi connectivity index (χ0) is 11.7. The Morgan fingerprint density at radius 1 is 1.62 bits per heavy atom. The Hall–Kier alpha value is -1.56. The molecule has 1 amide bonds. The van der Waals surface area contributed by atoms with Crippen LogP contribution in [0.25, 0.3) is 0 Å². The first-order chi connectivity index (χ1) is 7.59. The van der Waals surface area contributed by atoms with Crippen LogP contribution in [0.1, 0.15) is 6.42 Å². The van der Waals surface area contributed by atoms with Crippen molar-refractivity contribution in [3.8, 4) is 0 Å². The van der Waals surface area contributed by atoms with Crippen LogP contribution < -0.4 is 10.9 Å². The first kappa shape index (κ1) is 10.9. The molecule has 1 aromatic rings. The SMILES string of the molecule is CN1CCC(Nc2nc[nH]c(=O)c2Cl)C1=O. The number of nitrogens with one attached hydrogen (secondary N) is 2. The summed E-state index contributed by atoms with van der Waals surface area (Å²) in [6.45, 7) is 0.692. The zero-order valence-electron chi connectivity index (χ0n) is 8.66. The largest absolute Gasteiger partial charge is 0.357 e. The van der Waals surface area contributed by atoms with Gasteiger partial charge in [0.25, 0.3) is 5.56 Å². The Balaban J connectivity index is 2.19. The molecule has 0 aromatic carbocycles. The maximum atomic E-state index is 11.6. The molecule has 1 aromatic heterocycles. The zero-order valence-corrected chi connectivity index (χ0v) is 9.41. The topological polar surface area (TPSA) is 78.1 Å². The molecule has 6 nitrogen and oxygen atoms in total. The van der Waals surface area contributed by atoms with Gasteiger partial charge in [0.1, 0.15) is 11.1 Å². The van der Waals surface area contributed by atoms with Gasteiger partial charge < -0.3 is 15.2 Å². The first-order valence-electron chi connectivity index (χ1n) is 4.84. The Kier molecular flexibility index (Phi) is 2.82. The Morgan fingerprint density at radius 2 is 2.38 bits per heavy atom. The summed E-state index contributed by atoms with van der Waals surface area (Å²) in [7, 11) is 1.73. The van der Waals surface area contributed by atoms with E-state index in [1.54, 1.807) is 11.9 Å². The van der Waals surface area contributed by atoms with Gasteiger partial charge >= 0.3 is 0 Å². The van der Waals surface area contributed by atoms with Crippen LogP contribution in [-0.2, 0) is 4.79 Å². The minimum atomic E-state index is -0.419. The van der Waals surface area contributed by atoms with Crippen molar-refractivity contribution < 1.29 is 4.79 Å². The molecule has 86 valence electrons. The number of anilines is 1. The molecule has 0 bridgehead atoms. The summed E-state index contributed by atoms with van der Waals surface area (Å²) in [5.41, 5.74) is -0.419. The number of carbonyl (C=O) groups excluding carboxylic acids is 1. The summed E-state index contributed by atoms with van der Waals surface area (Å²) in [6, 6.07) is -0.350. The van der Waals surface area contributed by atoms with Gasteiger partial charge in [0.2, 0.25) is 5.91 Å². The van der Waals surface area contributed by atoms with Crippen LogP contribution in [0, 0.1) is 0 Å². The summed E-state index contributed by atoms with van der Waals surface area (Å²) < 4.78 is 0. The number of nitrogens with zero attached hydrogens (tertiary/aromatic N) is 2. The van der Waals surface area contributed by atoms with Gasteiger partial charge in [-0.2, -0.15) is 0 Å². The summed E-state index contributed by atoms with van der Waals surface area (Å²) in [5.74, 6) is 0.234. The number of likely N-dealkylation sites (N-methyl/N-ethyl adjacent to an activating group) is 1. The average Bonchev–Trinajstić information content (AvgIpc) is 2.57. The van der Waals surface area contributed by atoms with Crippen molar-refractivity contribution in [2.24, 2.45) is 0 Å². The highest BCUT2D eigenvalue weighted by Crippen LogP contribution is 2.18. The minimum absolute atomic E-state index is 0.0156. The van der Waals surface area contributed by atoms with E-state index in [-0.39, 0.29) is 22.8 Å². The van der Waals surface area contributed by atoms with Crippen LogP contribution in [0.15, 0.2) is 11.1 Å². The molecular formula is C9H11ClN4O2. The number of likely N-dealkylation sites (tertiary alicyclic amines) is 1. The van der Waals surface area contributed by atoms with Crippen LogP contribution in [0.2, 0.25) is 5.02 Å². The number of carbonyl (C=O) groups is 1. The molecule has 0 radical (unpaired) electrons. The predicted molar refractivity (Wildman–Crippen MR) is 59.5 cm³/mol. The molecule has 16 heavy (non-hydrogen) atoms. The highest BCUT2D eigenvalue weighted by Gasteiger charge is 2.29. The van der Waals surface area contributed by atoms with Crippen LogP contribution in [0.5, 0.6) is 0 Å². The van der Waals surface area contributed by atoms with Gasteiger partial charge in [0, 0.05) is 13.6 Å². The van der Waals surface area contributed by atoms with Gasteiger partial charge in [-0.15, -0.1) is 0 Å². The van der Waals surface area contributed by atoms with Crippen molar-refractivity contribution >= 4 is 23.3 Å². The molecular weight excluding hydrogens is 232 g/mol. The van der Waals surface area contributed by atoms with E-state index >= 15 is 0 Å². The minimum Gasteiger partial charge on any atom is -0.357 e. The van der Waals surface area contributed by atoms with Crippen molar-refractivity contribution in [1.29, 1.82) is 0 Å². The Labute approximate surface area is 96.6 Å². The number of rotatable bonds is 2. The summed E-state index contributed by atoms with van der Waals surface area (Å²) >= 11 is 5.76. The van der Waals surface area contributed by atoms with E-state index in [1.807, 2.05) is 0 Å². The Bertz CT molecular complexity index is 473. The number of hydrogen-bond donors (Lipinski definition) is 2. The highest BCUT2D eigenvalue weighted by molar-refractivity contribution is 6.32. The van der Waals surface area contributed by atoms with Crippen molar-refractivity contribution in [1.82, 2.24) is 14.9 Å². The quantitative estimate of drug-likeness (QED) is 0.769.